The lowest BCUT2D eigenvalue weighted by atomic mass is 10.0. The summed E-state index contributed by atoms with van der Waals surface area (Å²) in [4.78, 5) is 2.41. The minimum absolute atomic E-state index is 0.200. The highest BCUT2D eigenvalue weighted by Crippen LogP contribution is 2.32. The molecule has 0 aliphatic carbocycles. The Labute approximate surface area is 195 Å². The predicted molar refractivity (Wildman–Crippen MR) is 128 cm³/mol. The fourth-order valence-corrected chi connectivity index (χ4v) is 5.99. The molecule has 7 heteroatoms. The molecule has 0 amide bonds. The van der Waals surface area contributed by atoms with Crippen molar-refractivity contribution in [2.75, 3.05) is 17.4 Å². The van der Waals surface area contributed by atoms with E-state index >= 15 is 0 Å². The van der Waals surface area contributed by atoms with Crippen LogP contribution in [0, 0.1) is 19.7 Å². The van der Waals surface area contributed by atoms with Crippen molar-refractivity contribution in [3.8, 4) is 5.75 Å². The van der Waals surface area contributed by atoms with Gasteiger partial charge in [0.15, 0.2) is 0 Å². The van der Waals surface area contributed by atoms with Gasteiger partial charge in [-0.15, -0.1) is 0 Å². The van der Waals surface area contributed by atoms with Gasteiger partial charge in [-0.2, -0.15) is 0 Å². The van der Waals surface area contributed by atoms with Crippen LogP contribution >= 0.6 is 0 Å². The van der Waals surface area contributed by atoms with Gasteiger partial charge in [-0.05, 0) is 62.6 Å². The first kappa shape index (κ1) is 23.3. The van der Waals surface area contributed by atoms with Crippen LogP contribution in [0.5, 0.6) is 5.75 Å². The number of piperidine rings is 1. The first-order chi connectivity index (χ1) is 15.8. The summed E-state index contributed by atoms with van der Waals surface area (Å²) in [6, 6.07) is 18.3. The van der Waals surface area contributed by atoms with Crippen molar-refractivity contribution in [1.29, 1.82) is 0 Å². The zero-order chi connectivity index (χ0) is 23.6. The van der Waals surface area contributed by atoms with Crippen molar-refractivity contribution in [3.63, 3.8) is 0 Å². The smallest absolute Gasteiger partial charge is 0.264 e. The van der Waals surface area contributed by atoms with Crippen LogP contribution in [0.25, 0.3) is 0 Å². The molecule has 1 heterocycles. The Morgan fingerprint density at radius 1 is 1.00 bits per heavy atom. The number of para-hydroxylation sites is 1. The summed E-state index contributed by atoms with van der Waals surface area (Å²) in [6.07, 6.45) is 1.21. The summed E-state index contributed by atoms with van der Waals surface area (Å²) >= 11 is 0. The minimum Gasteiger partial charge on any atom is -0.508 e. The van der Waals surface area contributed by atoms with Crippen molar-refractivity contribution in [2.24, 2.45) is 0 Å². The molecule has 0 bridgehead atoms. The third-order valence-electron chi connectivity index (χ3n) is 6.26. The topological polar surface area (TPSA) is 60.9 Å². The first-order valence-corrected chi connectivity index (χ1v) is 12.6. The van der Waals surface area contributed by atoms with Gasteiger partial charge >= 0.3 is 0 Å². The number of rotatable bonds is 6. The van der Waals surface area contributed by atoms with Crippen LogP contribution in [-0.4, -0.2) is 37.6 Å². The molecule has 1 aliphatic heterocycles. The largest absolute Gasteiger partial charge is 0.508 e. The summed E-state index contributed by atoms with van der Waals surface area (Å²) in [7, 11) is -3.88. The number of aromatic hydroxyl groups is 1. The summed E-state index contributed by atoms with van der Waals surface area (Å²) in [5, 5.41) is 10.1. The molecule has 1 fully saturated rings. The second kappa shape index (κ2) is 9.53. The SMILES string of the molecule is Cc1ccc(S(=O)(=O)N(c2ccc(C)c(F)c2)C2CCN(Cc3ccccc3O)CC2)cc1. The fourth-order valence-electron chi connectivity index (χ4n) is 4.29. The Balaban J connectivity index is 1.61. The maximum absolute atomic E-state index is 14.4. The second-order valence-electron chi connectivity index (χ2n) is 8.68. The second-order valence-corrected chi connectivity index (χ2v) is 10.5. The van der Waals surface area contributed by atoms with E-state index in [1.807, 2.05) is 19.1 Å². The Morgan fingerprint density at radius 2 is 1.67 bits per heavy atom. The normalized spacial score (nSPS) is 15.5. The molecule has 1 aliphatic rings. The van der Waals surface area contributed by atoms with Crippen LogP contribution in [0.1, 0.15) is 29.5 Å². The van der Waals surface area contributed by atoms with Gasteiger partial charge in [-0.1, -0.05) is 42.0 Å². The maximum Gasteiger partial charge on any atom is 0.264 e. The number of hydrogen-bond acceptors (Lipinski definition) is 4. The molecule has 0 spiro atoms. The molecule has 0 atom stereocenters. The van der Waals surface area contributed by atoms with E-state index in [9.17, 15) is 17.9 Å². The average Bonchev–Trinajstić information content (AvgIpc) is 2.79. The van der Waals surface area contributed by atoms with E-state index in [4.69, 9.17) is 0 Å². The van der Waals surface area contributed by atoms with Gasteiger partial charge in [0.2, 0.25) is 0 Å². The molecule has 0 radical (unpaired) electrons. The van der Waals surface area contributed by atoms with E-state index in [0.29, 0.717) is 43.7 Å². The van der Waals surface area contributed by atoms with Gasteiger partial charge in [0.05, 0.1) is 10.6 Å². The number of anilines is 1. The van der Waals surface area contributed by atoms with Crippen molar-refractivity contribution >= 4 is 15.7 Å². The molecule has 33 heavy (non-hydrogen) atoms. The molecule has 0 aromatic heterocycles. The van der Waals surface area contributed by atoms with Crippen LogP contribution < -0.4 is 4.31 Å². The maximum atomic E-state index is 14.4. The number of sulfonamides is 1. The lowest BCUT2D eigenvalue weighted by molar-refractivity contribution is 0.204. The van der Waals surface area contributed by atoms with Gasteiger partial charge in [-0.3, -0.25) is 9.21 Å². The Kier molecular flexibility index (Phi) is 6.72. The summed E-state index contributed by atoms with van der Waals surface area (Å²) in [6.45, 7) is 5.52. The number of halogens is 1. The molecular weight excluding hydrogens is 439 g/mol. The van der Waals surface area contributed by atoms with Gasteiger partial charge in [0.1, 0.15) is 11.6 Å². The minimum atomic E-state index is -3.88. The van der Waals surface area contributed by atoms with Gasteiger partial charge in [-0.25, -0.2) is 12.8 Å². The van der Waals surface area contributed by atoms with E-state index in [-0.39, 0.29) is 16.7 Å². The molecule has 0 unspecified atom stereocenters. The molecule has 1 saturated heterocycles. The van der Waals surface area contributed by atoms with Crippen LogP contribution in [0.2, 0.25) is 0 Å². The van der Waals surface area contributed by atoms with E-state index in [1.54, 1.807) is 55.5 Å². The summed E-state index contributed by atoms with van der Waals surface area (Å²) < 4.78 is 43.3. The molecule has 1 N–H and O–H groups in total. The van der Waals surface area contributed by atoms with E-state index in [1.165, 1.54) is 10.4 Å². The van der Waals surface area contributed by atoms with Crippen LogP contribution in [0.4, 0.5) is 10.1 Å². The monoisotopic (exact) mass is 468 g/mol. The van der Waals surface area contributed by atoms with Crippen LogP contribution in [0.3, 0.4) is 0 Å². The number of phenolic OH excluding ortho intramolecular Hbond substituents is 1. The molecule has 0 saturated carbocycles. The van der Waals surface area contributed by atoms with Crippen LogP contribution in [-0.2, 0) is 16.6 Å². The molecule has 3 aromatic rings. The lowest BCUT2D eigenvalue weighted by Crippen LogP contribution is -2.47. The quantitative estimate of drug-likeness (QED) is 0.553. The van der Waals surface area contributed by atoms with Crippen molar-refractivity contribution in [3.05, 3.63) is 89.2 Å². The Bertz CT molecular complexity index is 1220. The fraction of sp³-hybridized carbons (Fsp3) is 0.308. The average molecular weight is 469 g/mol. The molecular formula is C26H29FN2O3S. The Morgan fingerprint density at radius 3 is 2.30 bits per heavy atom. The van der Waals surface area contributed by atoms with Crippen LogP contribution in [0.15, 0.2) is 71.6 Å². The molecule has 174 valence electrons. The number of likely N-dealkylation sites (tertiary alicyclic amines) is 1. The number of aryl methyl sites for hydroxylation is 2. The van der Waals surface area contributed by atoms with Crippen molar-refractivity contribution < 1.29 is 17.9 Å². The van der Waals surface area contributed by atoms with E-state index in [0.717, 1.165) is 11.1 Å². The predicted octanol–water partition coefficient (Wildman–Crippen LogP) is 5.01. The molecule has 5 nitrogen and oxygen atoms in total. The lowest BCUT2D eigenvalue weighted by Gasteiger charge is -2.39. The highest BCUT2D eigenvalue weighted by Gasteiger charge is 2.34. The van der Waals surface area contributed by atoms with E-state index in [2.05, 4.69) is 4.90 Å². The van der Waals surface area contributed by atoms with Gasteiger partial charge in [0.25, 0.3) is 10.0 Å². The molecule has 4 rings (SSSR count). The number of hydrogen-bond donors (Lipinski definition) is 1. The third kappa shape index (κ3) is 5.04. The first-order valence-electron chi connectivity index (χ1n) is 11.1. The number of phenols is 1. The van der Waals surface area contributed by atoms with Gasteiger partial charge in [0, 0.05) is 31.2 Å². The molecule has 3 aromatic carbocycles. The zero-order valence-electron chi connectivity index (χ0n) is 18.9. The zero-order valence-corrected chi connectivity index (χ0v) is 19.7. The third-order valence-corrected chi connectivity index (χ3v) is 8.16. The summed E-state index contributed by atoms with van der Waals surface area (Å²) in [5.41, 5.74) is 2.64. The summed E-state index contributed by atoms with van der Waals surface area (Å²) in [5.74, 6) is -0.160. The highest BCUT2D eigenvalue weighted by molar-refractivity contribution is 7.92. The van der Waals surface area contributed by atoms with Crippen molar-refractivity contribution in [1.82, 2.24) is 4.90 Å². The van der Waals surface area contributed by atoms with E-state index < -0.39 is 15.8 Å². The number of benzene rings is 3. The standard InChI is InChI=1S/C26H29FN2O3S/c1-19-7-11-24(12-8-19)33(31,32)29(23-10-9-20(2)25(27)17-23)22-13-15-28(16-14-22)18-21-5-3-4-6-26(21)30/h3-12,17,22,30H,13-16,18H2,1-2H3. The highest BCUT2D eigenvalue weighted by atomic mass is 32.2. The number of nitrogens with zero attached hydrogens (tertiary/aromatic N) is 2. The van der Waals surface area contributed by atoms with Gasteiger partial charge < -0.3 is 5.11 Å². The van der Waals surface area contributed by atoms with Crippen molar-refractivity contribution in [2.45, 2.75) is 44.2 Å². The Hall–Kier alpha value is -2.90.